The number of rotatable bonds is 5. The second-order valence-corrected chi connectivity index (χ2v) is 4.57. The van der Waals surface area contributed by atoms with E-state index < -0.39 is 4.92 Å². The molecule has 0 fully saturated rings. The van der Waals surface area contributed by atoms with E-state index in [9.17, 15) is 14.9 Å². The largest absolute Gasteiger partial charge is 0.396 e. The molecule has 6 nitrogen and oxygen atoms in total. The van der Waals surface area contributed by atoms with Gasteiger partial charge in [0.2, 0.25) is 0 Å². The van der Waals surface area contributed by atoms with Gasteiger partial charge in [0.15, 0.2) is 0 Å². The van der Waals surface area contributed by atoms with E-state index in [1.54, 1.807) is 11.0 Å². The molecule has 1 aliphatic rings. The van der Waals surface area contributed by atoms with Crippen LogP contribution in [0, 0.1) is 10.1 Å². The Morgan fingerprint density at radius 1 is 1.37 bits per heavy atom. The molecule has 2 rings (SSSR count). The lowest BCUT2D eigenvalue weighted by molar-refractivity contribution is -0.384. The van der Waals surface area contributed by atoms with Gasteiger partial charge in [0, 0.05) is 37.4 Å². The Morgan fingerprint density at radius 3 is 2.84 bits per heavy atom. The van der Waals surface area contributed by atoms with Crippen LogP contribution in [-0.2, 0) is 6.42 Å². The molecule has 0 saturated heterocycles. The number of benzene rings is 1. The SMILES string of the molecule is O=C1c2cc([N+](=O)[O-])ccc2CCN1CCCCO. The molecular formula is C13H16N2O4. The predicted molar refractivity (Wildman–Crippen MR) is 69.0 cm³/mol. The van der Waals surface area contributed by atoms with Gasteiger partial charge in [0.1, 0.15) is 0 Å². The Bertz CT molecular complexity index is 501. The Balaban J connectivity index is 2.16. The minimum atomic E-state index is -0.488. The van der Waals surface area contributed by atoms with Gasteiger partial charge < -0.3 is 10.0 Å². The van der Waals surface area contributed by atoms with Crippen molar-refractivity contribution in [2.75, 3.05) is 19.7 Å². The number of aliphatic hydroxyl groups is 1. The van der Waals surface area contributed by atoms with Crippen LogP contribution in [0.2, 0.25) is 0 Å². The van der Waals surface area contributed by atoms with Crippen molar-refractivity contribution in [3.8, 4) is 0 Å². The van der Waals surface area contributed by atoms with Gasteiger partial charge in [-0.15, -0.1) is 0 Å². The third kappa shape index (κ3) is 2.90. The summed E-state index contributed by atoms with van der Waals surface area (Å²) in [5.74, 6) is -0.150. The van der Waals surface area contributed by atoms with Crippen LogP contribution in [0.15, 0.2) is 18.2 Å². The topological polar surface area (TPSA) is 83.7 Å². The summed E-state index contributed by atoms with van der Waals surface area (Å²) in [6, 6.07) is 4.46. The fraction of sp³-hybridized carbons (Fsp3) is 0.462. The second-order valence-electron chi connectivity index (χ2n) is 4.57. The maximum Gasteiger partial charge on any atom is 0.270 e. The first kappa shape index (κ1) is 13.5. The first-order chi connectivity index (χ1) is 9.13. The molecule has 1 aliphatic heterocycles. The number of nitro groups is 1. The lowest BCUT2D eigenvalue weighted by atomic mass is 9.98. The van der Waals surface area contributed by atoms with E-state index in [2.05, 4.69) is 0 Å². The summed E-state index contributed by atoms with van der Waals surface area (Å²) in [5.41, 5.74) is 1.25. The summed E-state index contributed by atoms with van der Waals surface area (Å²) in [6.07, 6.45) is 2.12. The molecule has 1 aromatic carbocycles. The molecule has 1 aromatic rings. The number of nitro benzene ring substituents is 1. The molecule has 1 amide bonds. The highest BCUT2D eigenvalue weighted by Gasteiger charge is 2.25. The summed E-state index contributed by atoms with van der Waals surface area (Å²) in [6.45, 7) is 1.33. The Kier molecular flexibility index (Phi) is 4.11. The molecule has 0 saturated carbocycles. The number of hydrogen-bond donors (Lipinski definition) is 1. The van der Waals surface area contributed by atoms with Crippen LogP contribution in [-0.4, -0.2) is 40.5 Å². The van der Waals surface area contributed by atoms with E-state index in [0.29, 0.717) is 25.1 Å². The lowest BCUT2D eigenvalue weighted by Crippen LogP contribution is -2.38. The number of aliphatic hydroxyl groups excluding tert-OH is 1. The lowest BCUT2D eigenvalue weighted by Gasteiger charge is -2.28. The van der Waals surface area contributed by atoms with Gasteiger partial charge in [-0.05, 0) is 24.8 Å². The third-order valence-electron chi connectivity index (χ3n) is 3.31. The number of non-ortho nitro benzene ring substituents is 1. The van der Waals surface area contributed by atoms with Crippen molar-refractivity contribution in [1.82, 2.24) is 4.90 Å². The van der Waals surface area contributed by atoms with E-state index in [1.807, 2.05) is 0 Å². The number of fused-ring (bicyclic) bond motifs is 1. The van der Waals surface area contributed by atoms with Gasteiger partial charge in [-0.3, -0.25) is 14.9 Å². The molecule has 102 valence electrons. The maximum absolute atomic E-state index is 12.2. The number of unbranched alkanes of at least 4 members (excludes halogenated alkanes) is 1. The summed E-state index contributed by atoms with van der Waals surface area (Å²) in [5, 5.41) is 19.5. The summed E-state index contributed by atoms with van der Waals surface area (Å²) in [4.78, 5) is 24.2. The highest BCUT2D eigenvalue weighted by atomic mass is 16.6. The fourth-order valence-electron chi connectivity index (χ4n) is 2.25. The molecule has 0 radical (unpaired) electrons. The predicted octanol–water partition coefficient (Wildman–Crippen LogP) is 1.37. The highest BCUT2D eigenvalue weighted by molar-refractivity contribution is 5.97. The Labute approximate surface area is 110 Å². The normalized spacial score (nSPS) is 14.4. The van der Waals surface area contributed by atoms with Gasteiger partial charge in [-0.25, -0.2) is 0 Å². The Hall–Kier alpha value is -1.95. The molecule has 19 heavy (non-hydrogen) atoms. The van der Waals surface area contributed by atoms with Crippen LogP contribution in [0.5, 0.6) is 0 Å². The average molecular weight is 264 g/mol. The van der Waals surface area contributed by atoms with Crippen molar-refractivity contribution >= 4 is 11.6 Å². The number of carbonyl (C=O) groups excluding carboxylic acids is 1. The van der Waals surface area contributed by atoms with E-state index in [1.165, 1.54) is 12.1 Å². The summed E-state index contributed by atoms with van der Waals surface area (Å²) in [7, 11) is 0. The van der Waals surface area contributed by atoms with Crippen LogP contribution in [0.1, 0.15) is 28.8 Å². The monoisotopic (exact) mass is 264 g/mol. The Morgan fingerprint density at radius 2 is 2.16 bits per heavy atom. The van der Waals surface area contributed by atoms with Gasteiger partial charge in [-0.1, -0.05) is 6.07 Å². The van der Waals surface area contributed by atoms with Gasteiger partial charge in [-0.2, -0.15) is 0 Å². The fourth-order valence-corrected chi connectivity index (χ4v) is 2.25. The van der Waals surface area contributed by atoms with Crippen molar-refractivity contribution in [1.29, 1.82) is 0 Å². The van der Waals surface area contributed by atoms with Crippen molar-refractivity contribution in [3.63, 3.8) is 0 Å². The van der Waals surface area contributed by atoms with Gasteiger partial charge in [0.25, 0.3) is 11.6 Å². The first-order valence-corrected chi connectivity index (χ1v) is 6.31. The second kappa shape index (κ2) is 5.79. The van der Waals surface area contributed by atoms with E-state index in [0.717, 1.165) is 18.4 Å². The number of amides is 1. The molecule has 0 aliphatic carbocycles. The van der Waals surface area contributed by atoms with E-state index in [-0.39, 0.29) is 18.2 Å². The highest BCUT2D eigenvalue weighted by Crippen LogP contribution is 2.23. The van der Waals surface area contributed by atoms with Crippen LogP contribution < -0.4 is 0 Å². The zero-order valence-corrected chi connectivity index (χ0v) is 10.5. The molecule has 0 spiro atoms. The quantitative estimate of drug-likeness (QED) is 0.494. The van der Waals surface area contributed by atoms with Crippen molar-refractivity contribution in [2.45, 2.75) is 19.3 Å². The molecular weight excluding hydrogens is 248 g/mol. The standard InChI is InChI=1S/C13H16N2O4/c16-8-2-1-6-14-7-5-10-3-4-11(15(18)19)9-12(10)13(14)17/h3-4,9,16H,1-2,5-8H2. The van der Waals surface area contributed by atoms with Crippen LogP contribution in [0.4, 0.5) is 5.69 Å². The minimum Gasteiger partial charge on any atom is -0.396 e. The zero-order chi connectivity index (χ0) is 13.8. The molecule has 0 aromatic heterocycles. The number of nitrogens with zero attached hydrogens (tertiary/aromatic N) is 2. The number of carbonyl (C=O) groups is 1. The van der Waals surface area contributed by atoms with Crippen molar-refractivity contribution in [2.24, 2.45) is 0 Å². The molecule has 0 bridgehead atoms. The maximum atomic E-state index is 12.2. The van der Waals surface area contributed by atoms with Crippen molar-refractivity contribution < 1.29 is 14.8 Å². The minimum absolute atomic E-state index is 0.0516. The summed E-state index contributed by atoms with van der Waals surface area (Å²) >= 11 is 0. The van der Waals surface area contributed by atoms with Gasteiger partial charge >= 0.3 is 0 Å². The molecule has 1 heterocycles. The average Bonchev–Trinajstić information content (AvgIpc) is 2.41. The van der Waals surface area contributed by atoms with Crippen molar-refractivity contribution in [3.05, 3.63) is 39.4 Å². The van der Waals surface area contributed by atoms with Crippen LogP contribution in [0.3, 0.4) is 0 Å². The molecule has 1 N–H and O–H groups in total. The van der Waals surface area contributed by atoms with Crippen LogP contribution >= 0.6 is 0 Å². The third-order valence-corrected chi connectivity index (χ3v) is 3.31. The van der Waals surface area contributed by atoms with E-state index >= 15 is 0 Å². The smallest absolute Gasteiger partial charge is 0.270 e. The van der Waals surface area contributed by atoms with E-state index in [4.69, 9.17) is 5.11 Å². The van der Waals surface area contributed by atoms with Gasteiger partial charge in [0.05, 0.1) is 4.92 Å². The number of hydrogen-bond acceptors (Lipinski definition) is 4. The summed E-state index contributed by atoms with van der Waals surface area (Å²) < 4.78 is 0. The van der Waals surface area contributed by atoms with Crippen LogP contribution in [0.25, 0.3) is 0 Å². The first-order valence-electron chi connectivity index (χ1n) is 6.31. The zero-order valence-electron chi connectivity index (χ0n) is 10.5. The molecule has 0 atom stereocenters. The molecule has 6 heteroatoms. The molecule has 0 unspecified atom stereocenters.